The normalized spacial score (nSPS) is 11.8. The number of thiophene rings is 1. The van der Waals surface area contributed by atoms with Gasteiger partial charge in [0.2, 0.25) is 0 Å². The second-order valence-corrected chi connectivity index (χ2v) is 6.78. The fraction of sp³-hybridized carbons (Fsp3) is 0.389. The quantitative estimate of drug-likeness (QED) is 0.854. The van der Waals surface area contributed by atoms with Crippen molar-refractivity contribution in [3.63, 3.8) is 0 Å². The molecule has 0 aliphatic rings. The van der Waals surface area contributed by atoms with Crippen molar-refractivity contribution in [2.75, 3.05) is 13.7 Å². The lowest BCUT2D eigenvalue weighted by atomic mass is 10.1. The van der Waals surface area contributed by atoms with Crippen LogP contribution in [-0.2, 0) is 6.54 Å². The smallest absolute Gasteiger partial charge is 0.318 e. The predicted molar refractivity (Wildman–Crippen MR) is 95.1 cm³/mol. The van der Waals surface area contributed by atoms with Crippen molar-refractivity contribution in [1.29, 1.82) is 0 Å². The highest BCUT2D eigenvalue weighted by Crippen LogP contribution is 2.24. The standard InChI is InChI=1S/C18H24N2O2S/c1-5-20(14(3)15-7-6-8-16(11-15)22-4)18(21)19-12-17-10-9-13(2)23-17/h6-11,14H,5,12H2,1-4H3,(H,19,21). The Balaban J connectivity index is 2.03. The van der Waals surface area contributed by atoms with Gasteiger partial charge in [-0.2, -0.15) is 0 Å². The predicted octanol–water partition coefficient (Wildman–Crippen LogP) is 4.36. The molecule has 0 aliphatic heterocycles. The Morgan fingerprint density at radius 3 is 2.74 bits per heavy atom. The first-order chi connectivity index (χ1) is 11.0. The zero-order valence-electron chi connectivity index (χ0n) is 14.1. The van der Waals surface area contributed by atoms with Crippen LogP contribution in [-0.4, -0.2) is 24.6 Å². The van der Waals surface area contributed by atoms with Crippen LogP contribution in [0.15, 0.2) is 36.4 Å². The Hall–Kier alpha value is -2.01. The number of methoxy groups -OCH3 is 1. The lowest BCUT2D eigenvalue weighted by Crippen LogP contribution is -2.40. The van der Waals surface area contributed by atoms with E-state index in [1.807, 2.05) is 43.0 Å². The minimum Gasteiger partial charge on any atom is -0.497 e. The van der Waals surface area contributed by atoms with Crippen LogP contribution in [0.4, 0.5) is 4.79 Å². The molecule has 2 rings (SSSR count). The lowest BCUT2D eigenvalue weighted by Gasteiger charge is -2.28. The number of rotatable bonds is 6. The summed E-state index contributed by atoms with van der Waals surface area (Å²) in [6.45, 7) is 7.31. The van der Waals surface area contributed by atoms with E-state index in [4.69, 9.17) is 4.74 Å². The van der Waals surface area contributed by atoms with Crippen molar-refractivity contribution < 1.29 is 9.53 Å². The molecule has 5 heteroatoms. The zero-order valence-corrected chi connectivity index (χ0v) is 14.9. The first-order valence-corrected chi connectivity index (χ1v) is 8.60. The van der Waals surface area contributed by atoms with Crippen molar-refractivity contribution in [2.24, 2.45) is 0 Å². The molecule has 23 heavy (non-hydrogen) atoms. The van der Waals surface area contributed by atoms with E-state index in [0.717, 1.165) is 11.3 Å². The average Bonchev–Trinajstić information content (AvgIpc) is 2.99. The van der Waals surface area contributed by atoms with Gasteiger partial charge in [-0.3, -0.25) is 0 Å². The molecule has 1 aromatic heterocycles. The molecule has 1 atom stereocenters. The molecule has 1 heterocycles. The third kappa shape index (κ3) is 4.48. The molecule has 0 spiro atoms. The number of carbonyl (C=O) groups excluding carboxylic acids is 1. The highest BCUT2D eigenvalue weighted by atomic mass is 32.1. The molecule has 1 N–H and O–H groups in total. The maximum absolute atomic E-state index is 12.5. The van der Waals surface area contributed by atoms with Gasteiger partial charge in [-0.1, -0.05) is 12.1 Å². The van der Waals surface area contributed by atoms with Crippen LogP contribution in [0.3, 0.4) is 0 Å². The third-order valence-electron chi connectivity index (χ3n) is 3.86. The molecule has 0 aliphatic carbocycles. The Labute approximate surface area is 142 Å². The summed E-state index contributed by atoms with van der Waals surface area (Å²) in [5.41, 5.74) is 1.06. The minimum absolute atomic E-state index is 0.0137. The van der Waals surface area contributed by atoms with E-state index in [-0.39, 0.29) is 12.1 Å². The largest absolute Gasteiger partial charge is 0.497 e. The summed E-state index contributed by atoms with van der Waals surface area (Å²) < 4.78 is 5.27. The molecular weight excluding hydrogens is 308 g/mol. The summed E-state index contributed by atoms with van der Waals surface area (Å²) in [6, 6.07) is 11.9. The van der Waals surface area contributed by atoms with E-state index in [0.29, 0.717) is 13.1 Å². The Kier molecular flexibility index (Phi) is 6.04. The topological polar surface area (TPSA) is 41.6 Å². The van der Waals surface area contributed by atoms with Gasteiger partial charge >= 0.3 is 6.03 Å². The maximum Gasteiger partial charge on any atom is 0.318 e. The summed E-state index contributed by atoms with van der Waals surface area (Å²) in [5, 5.41) is 3.01. The van der Waals surface area contributed by atoms with Crippen molar-refractivity contribution in [3.8, 4) is 5.75 Å². The second-order valence-electron chi connectivity index (χ2n) is 5.41. The molecule has 0 saturated carbocycles. The van der Waals surface area contributed by atoms with E-state index in [2.05, 4.69) is 24.4 Å². The Morgan fingerprint density at radius 1 is 1.35 bits per heavy atom. The van der Waals surface area contributed by atoms with E-state index >= 15 is 0 Å². The van der Waals surface area contributed by atoms with E-state index in [1.54, 1.807) is 18.4 Å². The summed E-state index contributed by atoms with van der Waals surface area (Å²) in [5.74, 6) is 0.805. The molecule has 1 unspecified atom stereocenters. The molecular formula is C18H24N2O2S. The highest BCUT2D eigenvalue weighted by molar-refractivity contribution is 7.11. The SMILES string of the molecule is CCN(C(=O)NCc1ccc(C)s1)C(C)c1cccc(OC)c1. The summed E-state index contributed by atoms with van der Waals surface area (Å²) in [7, 11) is 1.65. The van der Waals surface area contributed by atoms with Crippen LogP contribution in [0.1, 0.15) is 35.2 Å². The number of carbonyl (C=O) groups is 1. The summed E-state index contributed by atoms with van der Waals surface area (Å²) in [4.78, 5) is 16.8. The van der Waals surface area contributed by atoms with Gasteiger partial charge in [0.05, 0.1) is 19.7 Å². The van der Waals surface area contributed by atoms with Crippen LogP contribution >= 0.6 is 11.3 Å². The van der Waals surface area contributed by atoms with Crippen LogP contribution in [0.5, 0.6) is 5.75 Å². The molecule has 1 aromatic carbocycles. The number of ether oxygens (including phenoxy) is 1. The minimum atomic E-state index is -0.0473. The van der Waals surface area contributed by atoms with Gasteiger partial charge in [0.1, 0.15) is 5.75 Å². The molecule has 0 fully saturated rings. The van der Waals surface area contributed by atoms with Crippen molar-refractivity contribution in [2.45, 2.75) is 33.4 Å². The average molecular weight is 332 g/mol. The number of aryl methyl sites for hydroxylation is 1. The number of amides is 2. The van der Waals surface area contributed by atoms with Crippen LogP contribution in [0, 0.1) is 6.92 Å². The van der Waals surface area contributed by atoms with Crippen molar-refractivity contribution in [3.05, 3.63) is 51.7 Å². The van der Waals surface area contributed by atoms with Crippen LogP contribution < -0.4 is 10.1 Å². The van der Waals surface area contributed by atoms with Gasteiger partial charge in [-0.05, 0) is 50.6 Å². The first-order valence-electron chi connectivity index (χ1n) is 7.79. The highest BCUT2D eigenvalue weighted by Gasteiger charge is 2.20. The number of hydrogen-bond acceptors (Lipinski definition) is 3. The molecule has 0 saturated heterocycles. The molecule has 2 amide bonds. The van der Waals surface area contributed by atoms with E-state index in [9.17, 15) is 4.79 Å². The number of nitrogens with zero attached hydrogens (tertiary/aromatic N) is 1. The fourth-order valence-corrected chi connectivity index (χ4v) is 3.35. The molecule has 0 radical (unpaired) electrons. The molecule has 4 nitrogen and oxygen atoms in total. The van der Waals surface area contributed by atoms with Gasteiger partial charge < -0.3 is 15.0 Å². The summed E-state index contributed by atoms with van der Waals surface area (Å²) >= 11 is 1.71. The van der Waals surface area contributed by atoms with Crippen molar-refractivity contribution >= 4 is 17.4 Å². The molecule has 0 bridgehead atoms. The summed E-state index contributed by atoms with van der Waals surface area (Å²) in [6.07, 6.45) is 0. The fourth-order valence-electron chi connectivity index (χ4n) is 2.52. The van der Waals surface area contributed by atoms with Gasteiger partial charge in [0.15, 0.2) is 0 Å². The van der Waals surface area contributed by atoms with Crippen molar-refractivity contribution in [1.82, 2.24) is 10.2 Å². The third-order valence-corrected chi connectivity index (χ3v) is 4.86. The number of nitrogens with one attached hydrogen (secondary N) is 1. The Morgan fingerprint density at radius 2 is 2.13 bits per heavy atom. The maximum atomic E-state index is 12.5. The van der Waals surface area contributed by atoms with Gasteiger partial charge in [0.25, 0.3) is 0 Å². The van der Waals surface area contributed by atoms with E-state index in [1.165, 1.54) is 9.75 Å². The van der Waals surface area contributed by atoms with Gasteiger partial charge in [0, 0.05) is 16.3 Å². The zero-order chi connectivity index (χ0) is 16.8. The van der Waals surface area contributed by atoms with Crippen LogP contribution in [0.25, 0.3) is 0 Å². The van der Waals surface area contributed by atoms with E-state index < -0.39 is 0 Å². The van der Waals surface area contributed by atoms with Gasteiger partial charge in [-0.25, -0.2) is 4.79 Å². The second kappa shape index (κ2) is 8.02. The van der Waals surface area contributed by atoms with Crippen LogP contribution in [0.2, 0.25) is 0 Å². The lowest BCUT2D eigenvalue weighted by molar-refractivity contribution is 0.182. The number of hydrogen-bond donors (Lipinski definition) is 1. The number of urea groups is 1. The Bertz CT molecular complexity index is 654. The monoisotopic (exact) mass is 332 g/mol. The van der Waals surface area contributed by atoms with Gasteiger partial charge in [-0.15, -0.1) is 11.3 Å². The molecule has 2 aromatic rings. The first kappa shape index (κ1) is 17.3. The number of benzene rings is 1. The molecule has 124 valence electrons.